The van der Waals surface area contributed by atoms with Gasteiger partial charge in [-0.2, -0.15) is 0 Å². The first-order chi connectivity index (χ1) is 10.1. The molecule has 21 heavy (non-hydrogen) atoms. The van der Waals surface area contributed by atoms with Crippen LogP contribution in [0.3, 0.4) is 0 Å². The molecule has 0 spiro atoms. The summed E-state index contributed by atoms with van der Waals surface area (Å²) in [4.78, 5) is 2.67. The van der Waals surface area contributed by atoms with Crippen LogP contribution in [0.4, 0.5) is 0 Å². The van der Waals surface area contributed by atoms with Crippen molar-refractivity contribution in [2.45, 2.75) is 39.3 Å². The summed E-state index contributed by atoms with van der Waals surface area (Å²) in [6.07, 6.45) is 2.45. The first-order valence-corrected chi connectivity index (χ1v) is 7.94. The normalized spacial score (nSPS) is 21.5. The highest BCUT2D eigenvalue weighted by Gasteiger charge is 2.36. The van der Waals surface area contributed by atoms with E-state index >= 15 is 0 Å². The molecule has 1 heteroatoms. The van der Waals surface area contributed by atoms with Crippen molar-refractivity contribution in [1.82, 2.24) is 4.90 Å². The Labute approximate surface area is 128 Å². The number of likely N-dealkylation sites (tertiary alicyclic amines) is 1. The van der Waals surface area contributed by atoms with Crippen molar-refractivity contribution in [3.63, 3.8) is 0 Å². The molecule has 2 aromatic rings. The van der Waals surface area contributed by atoms with Gasteiger partial charge in [-0.25, -0.2) is 0 Å². The maximum atomic E-state index is 2.67. The summed E-state index contributed by atoms with van der Waals surface area (Å²) in [5.41, 5.74) is 3.31. The van der Waals surface area contributed by atoms with E-state index in [1.807, 2.05) is 0 Å². The van der Waals surface area contributed by atoms with Gasteiger partial charge in [0.15, 0.2) is 0 Å². The lowest BCUT2D eigenvalue weighted by molar-refractivity contribution is 0.232. The molecule has 1 aliphatic rings. The molecule has 0 aliphatic carbocycles. The van der Waals surface area contributed by atoms with Crippen molar-refractivity contribution >= 4 is 0 Å². The van der Waals surface area contributed by atoms with Gasteiger partial charge in [0.25, 0.3) is 0 Å². The van der Waals surface area contributed by atoms with Gasteiger partial charge in [0.1, 0.15) is 0 Å². The van der Waals surface area contributed by atoms with Crippen LogP contribution in [0.25, 0.3) is 0 Å². The molecule has 3 rings (SSSR count). The monoisotopic (exact) mass is 279 g/mol. The van der Waals surface area contributed by atoms with Crippen molar-refractivity contribution < 1.29 is 0 Å². The van der Waals surface area contributed by atoms with Crippen molar-refractivity contribution in [3.05, 3.63) is 71.8 Å². The Morgan fingerprint density at radius 3 is 2.10 bits per heavy atom. The molecule has 0 radical (unpaired) electrons. The fraction of sp³-hybridized carbons (Fsp3) is 0.400. The molecule has 1 heterocycles. The Morgan fingerprint density at radius 1 is 0.905 bits per heavy atom. The summed E-state index contributed by atoms with van der Waals surface area (Å²) in [7, 11) is 0. The van der Waals surface area contributed by atoms with Crippen LogP contribution in [-0.2, 0) is 13.0 Å². The summed E-state index contributed by atoms with van der Waals surface area (Å²) < 4.78 is 0. The highest BCUT2D eigenvalue weighted by molar-refractivity contribution is 5.18. The Hall–Kier alpha value is -1.60. The molecule has 0 bridgehead atoms. The average molecular weight is 279 g/mol. The summed E-state index contributed by atoms with van der Waals surface area (Å²) in [5.74, 6) is 0. The molecular formula is C20H25N. The molecule has 1 nitrogen and oxygen atoms in total. The van der Waals surface area contributed by atoms with Gasteiger partial charge in [-0.05, 0) is 29.4 Å². The zero-order valence-corrected chi connectivity index (χ0v) is 13.1. The second-order valence-corrected chi connectivity index (χ2v) is 7.10. The lowest BCUT2D eigenvalue weighted by atomic mass is 9.89. The van der Waals surface area contributed by atoms with Gasteiger partial charge in [-0.15, -0.1) is 0 Å². The maximum absolute atomic E-state index is 2.67. The third-order valence-corrected chi connectivity index (χ3v) is 4.48. The first-order valence-electron chi connectivity index (χ1n) is 7.94. The van der Waals surface area contributed by atoms with Crippen LogP contribution < -0.4 is 0 Å². The quantitative estimate of drug-likeness (QED) is 0.795. The van der Waals surface area contributed by atoms with Gasteiger partial charge in [0.2, 0.25) is 0 Å². The number of nitrogens with zero attached hydrogens (tertiary/aromatic N) is 1. The molecule has 1 aliphatic heterocycles. The van der Waals surface area contributed by atoms with Gasteiger partial charge in [-0.1, -0.05) is 74.5 Å². The van der Waals surface area contributed by atoms with Crippen LogP contribution in [0.5, 0.6) is 0 Å². The molecule has 2 aromatic carbocycles. The number of hydrogen-bond donors (Lipinski definition) is 0. The van der Waals surface area contributed by atoms with Crippen LogP contribution in [0.2, 0.25) is 0 Å². The van der Waals surface area contributed by atoms with Gasteiger partial charge < -0.3 is 0 Å². The largest absolute Gasteiger partial charge is 0.295 e. The molecule has 0 saturated carbocycles. The Bertz CT molecular complexity index is 507. The first kappa shape index (κ1) is 14.3. The molecule has 1 atom stereocenters. The lowest BCUT2D eigenvalue weighted by Crippen LogP contribution is -2.31. The fourth-order valence-electron chi connectivity index (χ4n) is 3.60. The van der Waals surface area contributed by atoms with Crippen LogP contribution in [0.1, 0.15) is 31.4 Å². The summed E-state index contributed by atoms with van der Waals surface area (Å²) in [6.45, 7) is 7.06. The van der Waals surface area contributed by atoms with Crippen LogP contribution >= 0.6 is 0 Å². The maximum Gasteiger partial charge on any atom is 0.0237 e. The van der Waals surface area contributed by atoms with E-state index in [1.54, 1.807) is 0 Å². The van der Waals surface area contributed by atoms with E-state index in [-0.39, 0.29) is 0 Å². The molecule has 0 amide bonds. The number of benzene rings is 2. The predicted molar refractivity (Wildman–Crippen MR) is 89.2 cm³/mol. The molecule has 110 valence electrons. The van der Waals surface area contributed by atoms with Crippen molar-refractivity contribution in [3.8, 4) is 0 Å². The second kappa shape index (κ2) is 6.03. The molecule has 1 saturated heterocycles. The fourth-order valence-corrected chi connectivity index (χ4v) is 3.60. The summed E-state index contributed by atoms with van der Waals surface area (Å²) in [5, 5.41) is 0. The van der Waals surface area contributed by atoms with Gasteiger partial charge in [0, 0.05) is 19.1 Å². The van der Waals surface area contributed by atoms with E-state index in [0.717, 1.165) is 13.0 Å². The van der Waals surface area contributed by atoms with Crippen LogP contribution in [0, 0.1) is 5.41 Å². The SMILES string of the molecule is CC1(C)CC(Cc2ccccc2)N(Cc2ccccc2)C1. The van der Waals surface area contributed by atoms with E-state index < -0.39 is 0 Å². The van der Waals surface area contributed by atoms with E-state index in [0.29, 0.717) is 11.5 Å². The minimum absolute atomic E-state index is 0.425. The smallest absolute Gasteiger partial charge is 0.0237 e. The average Bonchev–Trinajstić information content (AvgIpc) is 2.75. The van der Waals surface area contributed by atoms with Crippen LogP contribution in [0.15, 0.2) is 60.7 Å². The highest BCUT2D eigenvalue weighted by atomic mass is 15.2. The second-order valence-electron chi connectivity index (χ2n) is 7.10. The standard InChI is InChI=1S/C20H25N/c1-20(2)14-19(13-17-9-5-3-6-10-17)21(16-20)15-18-11-7-4-8-12-18/h3-12,19H,13-16H2,1-2H3. The minimum Gasteiger partial charge on any atom is -0.295 e. The number of rotatable bonds is 4. The topological polar surface area (TPSA) is 3.24 Å². The third-order valence-electron chi connectivity index (χ3n) is 4.48. The highest BCUT2D eigenvalue weighted by Crippen LogP contribution is 2.36. The summed E-state index contributed by atoms with van der Waals surface area (Å²) >= 11 is 0. The number of hydrogen-bond acceptors (Lipinski definition) is 1. The molecule has 1 unspecified atom stereocenters. The van der Waals surface area contributed by atoms with Gasteiger partial charge in [-0.3, -0.25) is 4.90 Å². The van der Waals surface area contributed by atoms with E-state index in [4.69, 9.17) is 0 Å². The van der Waals surface area contributed by atoms with E-state index in [9.17, 15) is 0 Å². The van der Waals surface area contributed by atoms with Crippen LogP contribution in [-0.4, -0.2) is 17.5 Å². The minimum atomic E-state index is 0.425. The Morgan fingerprint density at radius 2 is 1.48 bits per heavy atom. The van der Waals surface area contributed by atoms with Crippen molar-refractivity contribution in [2.75, 3.05) is 6.54 Å². The van der Waals surface area contributed by atoms with Gasteiger partial charge >= 0.3 is 0 Å². The van der Waals surface area contributed by atoms with E-state index in [2.05, 4.69) is 79.4 Å². The van der Waals surface area contributed by atoms with Gasteiger partial charge in [0.05, 0.1) is 0 Å². The van der Waals surface area contributed by atoms with E-state index in [1.165, 1.54) is 24.1 Å². The summed E-state index contributed by atoms with van der Waals surface area (Å²) in [6, 6.07) is 22.4. The molecule has 0 N–H and O–H groups in total. The lowest BCUT2D eigenvalue weighted by Gasteiger charge is -2.24. The zero-order chi connectivity index (χ0) is 14.7. The predicted octanol–water partition coefficient (Wildman–Crippen LogP) is 4.53. The Balaban J connectivity index is 1.73. The van der Waals surface area contributed by atoms with Crippen molar-refractivity contribution in [1.29, 1.82) is 0 Å². The third kappa shape index (κ3) is 3.74. The molecular weight excluding hydrogens is 254 g/mol. The zero-order valence-electron chi connectivity index (χ0n) is 13.1. The molecule has 1 fully saturated rings. The Kier molecular flexibility index (Phi) is 4.12. The molecule has 0 aromatic heterocycles. The van der Waals surface area contributed by atoms with Crippen molar-refractivity contribution in [2.24, 2.45) is 5.41 Å².